The van der Waals surface area contributed by atoms with Gasteiger partial charge in [-0.05, 0) is 18.6 Å². The Morgan fingerprint density at radius 2 is 1.96 bits per heavy atom. The van der Waals surface area contributed by atoms with Crippen LogP contribution in [0.5, 0.6) is 0 Å². The van der Waals surface area contributed by atoms with Gasteiger partial charge in [-0.25, -0.2) is 4.79 Å². The summed E-state index contributed by atoms with van der Waals surface area (Å²) >= 11 is 5.95. The van der Waals surface area contributed by atoms with Crippen LogP contribution in [0, 0.1) is 0 Å². The van der Waals surface area contributed by atoms with Crippen molar-refractivity contribution in [3.63, 3.8) is 0 Å². The summed E-state index contributed by atoms with van der Waals surface area (Å²) in [7, 11) is 0. The largest absolute Gasteiger partial charge is 0.350 e. The third-order valence-electron chi connectivity index (χ3n) is 3.86. The summed E-state index contributed by atoms with van der Waals surface area (Å²) in [5, 5.41) is 8.52. The van der Waals surface area contributed by atoms with E-state index in [0.717, 1.165) is 6.42 Å². The topological polar surface area (TPSA) is 90.5 Å². The molecule has 0 radical (unpaired) electrons. The minimum Gasteiger partial charge on any atom is -0.350 e. The lowest BCUT2D eigenvalue weighted by Gasteiger charge is -2.16. The first-order valence-electron chi connectivity index (χ1n) is 8.36. The molecule has 1 aliphatic rings. The quantitative estimate of drug-likeness (QED) is 0.637. The minimum atomic E-state index is -0.344. The van der Waals surface area contributed by atoms with Crippen LogP contribution in [0.3, 0.4) is 0 Å². The smallest absolute Gasteiger partial charge is 0.315 e. The summed E-state index contributed by atoms with van der Waals surface area (Å²) < 4.78 is 0. The van der Waals surface area contributed by atoms with Crippen molar-refractivity contribution >= 4 is 29.4 Å². The first-order valence-corrected chi connectivity index (χ1v) is 8.74. The number of rotatable bonds is 7. The molecular formula is C17H23ClN4O3. The second-order valence-electron chi connectivity index (χ2n) is 5.88. The second-order valence-corrected chi connectivity index (χ2v) is 6.28. The molecule has 1 aliphatic heterocycles. The van der Waals surface area contributed by atoms with Crippen LogP contribution in [-0.2, 0) is 4.79 Å². The predicted octanol–water partition coefficient (Wildman–Crippen LogP) is 1.38. The zero-order chi connectivity index (χ0) is 18.2. The molecule has 0 bridgehead atoms. The number of hydrogen-bond donors (Lipinski definition) is 3. The van der Waals surface area contributed by atoms with Gasteiger partial charge < -0.3 is 20.9 Å². The number of hydrogen-bond acceptors (Lipinski definition) is 3. The lowest BCUT2D eigenvalue weighted by molar-refractivity contribution is -0.127. The molecule has 0 saturated carbocycles. The Morgan fingerprint density at radius 1 is 1.24 bits per heavy atom. The molecular weight excluding hydrogens is 344 g/mol. The molecule has 4 amide bonds. The number of likely N-dealkylation sites (tertiary alicyclic amines) is 1. The highest BCUT2D eigenvalue weighted by molar-refractivity contribution is 6.33. The molecule has 1 atom stereocenters. The van der Waals surface area contributed by atoms with Crippen molar-refractivity contribution in [2.24, 2.45) is 0 Å². The van der Waals surface area contributed by atoms with Gasteiger partial charge >= 0.3 is 6.03 Å². The van der Waals surface area contributed by atoms with E-state index in [-0.39, 0.29) is 37.0 Å². The molecule has 0 spiro atoms. The number of nitrogens with one attached hydrogen (secondary N) is 3. The number of nitrogens with zero attached hydrogens (tertiary/aromatic N) is 1. The zero-order valence-corrected chi connectivity index (χ0v) is 14.9. The monoisotopic (exact) mass is 366 g/mol. The second kappa shape index (κ2) is 9.27. The van der Waals surface area contributed by atoms with Crippen molar-refractivity contribution in [1.82, 2.24) is 20.9 Å². The maximum absolute atomic E-state index is 12.0. The summed E-state index contributed by atoms with van der Waals surface area (Å²) in [6, 6.07) is 6.25. The number of benzene rings is 1. The van der Waals surface area contributed by atoms with Crippen molar-refractivity contribution in [3.05, 3.63) is 34.9 Å². The molecule has 1 aromatic carbocycles. The van der Waals surface area contributed by atoms with E-state index in [4.69, 9.17) is 11.6 Å². The Kier molecular flexibility index (Phi) is 7.06. The minimum absolute atomic E-state index is 0.0687. The van der Waals surface area contributed by atoms with E-state index in [2.05, 4.69) is 16.0 Å². The Hall–Kier alpha value is -2.28. The van der Waals surface area contributed by atoms with Crippen molar-refractivity contribution in [2.45, 2.75) is 25.8 Å². The van der Waals surface area contributed by atoms with Gasteiger partial charge in [0, 0.05) is 32.6 Å². The maximum Gasteiger partial charge on any atom is 0.315 e. The van der Waals surface area contributed by atoms with Gasteiger partial charge in [-0.1, -0.05) is 30.7 Å². The Labute approximate surface area is 152 Å². The van der Waals surface area contributed by atoms with Gasteiger partial charge in [-0.2, -0.15) is 0 Å². The molecule has 1 aromatic rings. The van der Waals surface area contributed by atoms with Gasteiger partial charge in [0.25, 0.3) is 5.91 Å². The molecule has 8 heteroatoms. The van der Waals surface area contributed by atoms with Gasteiger partial charge in [0.2, 0.25) is 5.91 Å². The summed E-state index contributed by atoms with van der Waals surface area (Å²) in [5.41, 5.74) is 0.397. The zero-order valence-electron chi connectivity index (χ0n) is 14.2. The molecule has 0 aromatic heterocycles. The molecule has 1 saturated heterocycles. The molecule has 25 heavy (non-hydrogen) atoms. The summed E-state index contributed by atoms with van der Waals surface area (Å²) in [6.07, 6.45) is 1.23. The third kappa shape index (κ3) is 5.63. The first kappa shape index (κ1) is 19.1. The van der Waals surface area contributed by atoms with Gasteiger partial charge in [0.1, 0.15) is 0 Å². The van der Waals surface area contributed by atoms with Crippen LogP contribution in [-0.4, -0.2) is 55.0 Å². The van der Waals surface area contributed by atoms with E-state index >= 15 is 0 Å². The predicted molar refractivity (Wildman–Crippen MR) is 95.6 cm³/mol. The highest BCUT2D eigenvalue weighted by atomic mass is 35.5. The molecule has 1 unspecified atom stereocenters. The number of amides is 4. The average molecular weight is 367 g/mol. The van der Waals surface area contributed by atoms with E-state index in [1.54, 1.807) is 29.2 Å². The average Bonchev–Trinajstić information content (AvgIpc) is 2.91. The number of carbonyl (C=O) groups is 3. The fraction of sp³-hybridized carbons (Fsp3) is 0.471. The van der Waals surface area contributed by atoms with Crippen LogP contribution in [0.25, 0.3) is 0 Å². The summed E-state index contributed by atoms with van der Waals surface area (Å²) in [6.45, 7) is 3.83. The van der Waals surface area contributed by atoms with Crippen LogP contribution < -0.4 is 16.0 Å². The van der Waals surface area contributed by atoms with Crippen molar-refractivity contribution in [1.29, 1.82) is 0 Å². The van der Waals surface area contributed by atoms with Crippen molar-refractivity contribution < 1.29 is 14.4 Å². The van der Waals surface area contributed by atoms with Gasteiger partial charge in [-0.3, -0.25) is 9.59 Å². The Balaban J connectivity index is 1.65. The summed E-state index contributed by atoms with van der Waals surface area (Å²) in [5.74, 6) is -0.219. The van der Waals surface area contributed by atoms with E-state index in [1.807, 2.05) is 6.92 Å². The van der Waals surface area contributed by atoms with Crippen LogP contribution in [0.1, 0.15) is 30.1 Å². The molecule has 2 rings (SSSR count). The Bertz CT molecular complexity index is 638. The van der Waals surface area contributed by atoms with Crippen molar-refractivity contribution in [2.75, 3.05) is 26.2 Å². The fourth-order valence-electron chi connectivity index (χ4n) is 2.68. The highest BCUT2D eigenvalue weighted by Gasteiger charge is 2.29. The van der Waals surface area contributed by atoms with E-state index in [9.17, 15) is 14.4 Å². The van der Waals surface area contributed by atoms with Crippen molar-refractivity contribution in [3.8, 4) is 0 Å². The molecule has 136 valence electrons. The molecule has 1 heterocycles. The summed E-state index contributed by atoms with van der Waals surface area (Å²) in [4.78, 5) is 37.3. The van der Waals surface area contributed by atoms with Crippen LogP contribution in [0.4, 0.5) is 4.79 Å². The molecule has 7 nitrogen and oxygen atoms in total. The molecule has 1 fully saturated rings. The van der Waals surface area contributed by atoms with Gasteiger partial charge in [-0.15, -0.1) is 0 Å². The van der Waals surface area contributed by atoms with Gasteiger partial charge in [0.05, 0.1) is 16.6 Å². The van der Waals surface area contributed by atoms with E-state index in [1.165, 1.54) is 0 Å². The lowest BCUT2D eigenvalue weighted by Crippen LogP contribution is -2.45. The molecule has 0 aliphatic carbocycles. The number of halogens is 1. The maximum atomic E-state index is 12.0. The van der Waals surface area contributed by atoms with Crippen LogP contribution >= 0.6 is 11.6 Å². The lowest BCUT2D eigenvalue weighted by atomic mass is 10.2. The third-order valence-corrected chi connectivity index (χ3v) is 4.19. The number of carbonyl (C=O) groups excluding carboxylic acids is 3. The van der Waals surface area contributed by atoms with Crippen LogP contribution in [0.2, 0.25) is 5.02 Å². The van der Waals surface area contributed by atoms with E-state index < -0.39 is 0 Å². The fourth-order valence-corrected chi connectivity index (χ4v) is 2.91. The first-order chi connectivity index (χ1) is 12.0. The molecule has 3 N–H and O–H groups in total. The normalized spacial score (nSPS) is 16.6. The standard InChI is InChI=1S/C17H23ClN4O3/c1-2-9-22-11-12(10-15(22)23)21-17(25)20-8-7-19-16(24)13-5-3-4-6-14(13)18/h3-6,12H,2,7-11H2,1H3,(H,19,24)(H2,20,21,25). The van der Waals surface area contributed by atoms with Crippen LogP contribution in [0.15, 0.2) is 24.3 Å². The highest BCUT2D eigenvalue weighted by Crippen LogP contribution is 2.14. The van der Waals surface area contributed by atoms with Gasteiger partial charge in [0.15, 0.2) is 0 Å². The SMILES string of the molecule is CCCN1CC(NC(=O)NCCNC(=O)c2ccccc2Cl)CC1=O. The Morgan fingerprint density at radius 3 is 2.68 bits per heavy atom. The van der Waals surface area contributed by atoms with E-state index in [0.29, 0.717) is 30.1 Å². The number of urea groups is 1.